The Kier molecular flexibility index (Phi) is 6.16. The molecule has 0 bridgehead atoms. The number of sulfonamides is 2. The molecule has 0 radical (unpaired) electrons. The average molecular weight is 482 g/mol. The van der Waals surface area contributed by atoms with Gasteiger partial charge in [-0.25, -0.2) is 21.1 Å². The second kappa shape index (κ2) is 8.23. The molecule has 31 heavy (non-hydrogen) atoms. The number of carbonyl (C=O) groups excluding carboxylic acids is 1. The van der Waals surface area contributed by atoms with Gasteiger partial charge in [0.15, 0.2) is 0 Å². The summed E-state index contributed by atoms with van der Waals surface area (Å²) in [6, 6.07) is 11.4. The van der Waals surface area contributed by atoms with Crippen LogP contribution in [0.4, 0.5) is 11.4 Å². The molecule has 3 aromatic rings. The highest BCUT2D eigenvalue weighted by Crippen LogP contribution is 2.31. The van der Waals surface area contributed by atoms with Crippen LogP contribution in [-0.2, 0) is 20.0 Å². The Hall–Kier alpha value is -2.47. The normalized spacial score (nSPS) is 12.3. The van der Waals surface area contributed by atoms with Crippen LogP contribution in [0.5, 0.6) is 0 Å². The molecule has 3 rings (SSSR count). The summed E-state index contributed by atoms with van der Waals surface area (Å²) in [5.41, 5.74) is 1.63. The minimum atomic E-state index is -3.63. The molecule has 0 aliphatic carbocycles. The molecule has 0 aliphatic rings. The van der Waals surface area contributed by atoms with E-state index in [1.165, 1.54) is 48.9 Å². The van der Waals surface area contributed by atoms with Crippen LogP contribution < -0.4 is 9.62 Å². The highest BCUT2D eigenvalue weighted by atomic mass is 32.2. The molecule has 0 atom stereocenters. The van der Waals surface area contributed by atoms with Crippen molar-refractivity contribution in [1.82, 2.24) is 4.31 Å². The Morgan fingerprint density at radius 2 is 1.65 bits per heavy atom. The van der Waals surface area contributed by atoms with Crippen molar-refractivity contribution in [3.63, 3.8) is 0 Å². The Balaban J connectivity index is 1.92. The minimum Gasteiger partial charge on any atom is -0.321 e. The summed E-state index contributed by atoms with van der Waals surface area (Å²) in [6.07, 6.45) is 1.12. The monoisotopic (exact) mass is 481 g/mol. The maximum atomic E-state index is 12.8. The van der Waals surface area contributed by atoms with Crippen LogP contribution in [0.2, 0.25) is 0 Å². The molecule has 0 unspecified atom stereocenters. The maximum Gasteiger partial charge on any atom is 0.265 e. The van der Waals surface area contributed by atoms with Gasteiger partial charge in [-0.05, 0) is 54.3 Å². The third kappa shape index (κ3) is 4.74. The fourth-order valence-corrected chi connectivity index (χ4v) is 5.18. The first kappa shape index (κ1) is 23.2. The summed E-state index contributed by atoms with van der Waals surface area (Å²) in [5.74, 6) is -0.373. The lowest BCUT2D eigenvalue weighted by Gasteiger charge is -2.16. The van der Waals surface area contributed by atoms with Crippen molar-refractivity contribution in [2.75, 3.05) is 37.0 Å². The van der Waals surface area contributed by atoms with Crippen LogP contribution in [0, 0.1) is 6.92 Å². The average Bonchev–Trinajstić information content (AvgIpc) is 3.11. The molecule has 0 fully saturated rings. The molecule has 1 aromatic heterocycles. The zero-order valence-electron chi connectivity index (χ0n) is 17.7. The van der Waals surface area contributed by atoms with Crippen LogP contribution in [0.25, 0.3) is 10.1 Å². The predicted octanol–water partition coefficient (Wildman–Crippen LogP) is 3.11. The Labute approximate surface area is 186 Å². The van der Waals surface area contributed by atoms with Gasteiger partial charge in [-0.1, -0.05) is 6.07 Å². The number of benzene rings is 2. The summed E-state index contributed by atoms with van der Waals surface area (Å²) in [5, 5.41) is 3.52. The number of hydrogen-bond donors (Lipinski definition) is 1. The Morgan fingerprint density at radius 3 is 2.26 bits per heavy atom. The standard InChI is InChI=1S/C20H23N3O5S3/c1-13-6-8-16(31(27,28)22(2)3)12-17(13)21-20(24)19-11-14-10-15(7-9-18(14)29-19)23(4)30(5,25)26/h6-12H,1-5H3,(H,21,24). The molecule has 1 N–H and O–H groups in total. The van der Waals surface area contributed by atoms with E-state index in [2.05, 4.69) is 5.32 Å². The van der Waals surface area contributed by atoms with Gasteiger partial charge in [0.05, 0.1) is 21.7 Å². The summed E-state index contributed by atoms with van der Waals surface area (Å²) >= 11 is 1.27. The number of thiophene rings is 1. The number of anilines is 2. The summed E-state index contributed by atoms with van der Waals surface area (Å²) in [4.78, 5) is 13.4. The quantitative estimate of drug-likeness (QED) is 0.583. The van der Waals surface area contributed by atoms with Crippen molar-refractivity contribution >= 4 is 58.8 Å². The van der Waals surface area contributed by atoms with E-state index < -0.39 is 20.0 Å². The van der Waals surface area contributed by atoms with Crippen molar-refractivity contribution in [1.29, 1.82) is 0 Å². The largest absolute Gasteiger partial charge is 0.321 e. The van der Waals surface area contributed by atoms with Crippen molar-refractivity contribution in [3.8, 4) is 0 Å². The molecule has 8 nitrogen and oxygen atoms in total. The number of rotatable bonds is 6. The number of nitrogens with zero attached hydrogens (tertiary/aromatic N) is 2. The molecule has 1 heterocycles. The summed E-state index contributed by atoms with van der Waals surface area (Å²) < 4.78 is 51.5. The molecule has 2 aromatic carbocycles. The fraction of sp³-hybridized carbons (Fsp3) is 0.250. The highest BCUT2D eigenvalue weighted by Gasteiger charge is 2.20. The lowest BCUT2D eigenvalue weighted by Crippen LogP contribution is -2.24. The van der Waals surface area contributed by atoms with Gasteiger partial charge in [-0.3, -0.25) is 9.10 Å². The van der Waals surface area contributed by atoms with E-state index in [0.717, 1.165) is 26.2 Å². The van der Waals surface area contributed by atoms with Crippen molar-refractivity contribution < 1.29 is 21.6 Å². The van der Waals surface area contributed by atoms with Crippen LogP contribution in [0.15, 0.2) is 47.4 Å². The number of amides is 1. The van der Waals surface area contributed by atoms with E-state index in [9.17, 15) is 21.6 Å². The van der Waals surface area contributed by atoms with Crippen molar-refractivity contribution in [2.45, 2.75) is 11.8 Å². The Morgan fingerprint density at radius 1 is 0.968 bits per heavy atom. The molecule has 11 heteroatoms. The second-order valence-electron chi connectivity index (χ2n) is 7.28. The molecule has 0 spiro atoms. The molecule has 0 saturated carbocycles. The van der Waals surface area contributed by atoms with Crippen LogP contribution in [-0.4, -0.2) is 54.4 Å². The lowest BCUT2D eigenvalue weighted by atomic mass is 10.2. The molecular formula is C20H23N3O5S3. The first-order chi connectivity index (χ1) is 14.3. The SMILES string of the molecule is Cc1ccc(S(=O)(=O)N(C)C)cc1NC(=O)c1cc2cc(N(C)S(C)(=O)=O)ccc2s1. The van der Waals surface area contributed by atoms with E-state index in [1.54, 1.807) is 37.3 Å². The number of fused-ring (bicyclic) bond motifs is 1. The van der Waals surface area contributed by atoms with Crippen LogP contribution in [0.3, 0.4) is 0 Å². The van der Waals surface area contributed by atoms with Gasteiger partial charge in [-0.2, -0.15) is 0 Å². The van der Waals surface area contributed by atoms with Gasteiger partial charge in [0.2, 0.25) is 20.0 Å². The van der Waals surface area contributed by atoms with E-state index in [0.29, 0.717) is 16.3 Å². The van der Waals surface area contributed by atoms with Gasteiger partial charge in [0, 0.05) is 31.5 Å². The first-order valence-electron chi connectivity index (χ1n) is 9.13. The number of aryl methyl sites for hydroxylation is 1. The fourth-order valence-electron chi connectivity index (χ4n) is 2.82. The van der Waals surface area contributed by atoms with Gasteiger partial charge in [0.25, 0.3) is 5.91 Å². The van der Waals surface area contributed by atoms with Crippen LogP contribution in [0.1, 0.15) is 15.2 Å². The topological polar surface area (TPSA) is 104 Å². The minimum absolute atomic E-state index is 0.0863. The van der Waals surface area contributed by atoms with E-state index in [1.807, 2.05) is 0 Å². The zero-order chi connectivity index (χ0) is 23.1. The predicted molar refractivity (Wildman–Crippen MR) is 125 cm³/mol. The van der Waals surface area contributed by atoms with Gasteiger partial charge in [-0.15, -0.1) is 11.3 Å². The third-order valence-corrected chi connectivity index (χ3v) is 8.95. The number of nitrogens with one attached hydrogen (secondary N) is 1. The maximum absolute atomic E-state index is 12.8. The molecule has 1 amide bonds. The number of carbonyl (C=O) groups is 1. The molecular weight excluding hydrogens is 458 g/mol. The Bertz CT molecular complexity index is 1380. The first-order valence-corrected chi connectivity index (χ1v) is 13.2. The molecule has 166 valence electrons. The van der Waals surface area contributed by atoms with Crippen molar-refractivity contribution in [3.05, 3.63) is 52.9 Å². The van der Waals surface area contributed by atoms with Gasteiger partial charge < -0.3 is 5.32 Å². The molecule has 0 saturated heterocycles. The second-order valence-corrected chi connectivity index (χ2v) is 12.5. The van der Waals surface area contributed by atoms with Gasteiger partial charge >= 0.3 is 0 Å². The number of hydrogen-bond acceptors (Lipinski definition) is 6. The van der Waals surface area contributed by atoms with Gasteiger partial charge in [0.1, 0.15) is 0 Å². The molecule has 0 aliphatic heterocycles. The van der Waals surface area contributed by atoms with Crippen LogP contribution >= 0.6 is 11.3 Å². The lowest BCUT2D eigenvalue weighted by molar-refractivity contribution is 0.103. The third-order valence-electron chi connectivity index (χ3n) is 4.82. The van der Waals surface area contributed by atoms with Crippen molar-refractivity contribution in [2.24, 2.45) is 0 Å². The van der Waals surface area contributed by atoms with E-state index in [4.69, 9.17) is 0 Å². The van der Waals surface area contributed by atoms with E-state index >= 15 is 0 Å². The summed E-state index contributed by atoms with van der Waals surface area (Å²) in [7, 11) is -2.67. The smallest absolute Gasteiger partial charge is 0.265 e. The highest BCUT2D eigenvalue weighted by molar-refractivity contribution is 7.92. The zero-order valence-corrected chi connectivity index (χ0v) is 20.2. The summed E-state index contributed by atoms with van der Waals surface area (Å²) in [6.45, 7) is 1.78. The van der Waals surface area contributed by atoms with E-state index in [-0.39, 0.29) is 10.8 Å².